The molecule has 11 heavy (non-hydrogen) atoms. The zero-order chi connectivity index (χ0) is 8.91. The van der Waals surface area contributed by atoms with Crippen LogP contribution in [0.3, 0.4) is 0 Å². The molecular formula is C6H7F3O2. The standard InChI is InChI=1S/C6H7F3O2/c1-5(2-10)3-11-4-6(7,8)9/h2H,1,3-4H2. The molecule has 5 heteroatoms. The second kappa shape index (κ2) is 4.12. The van der Waals surface area contributed by atoms with Crippen LogP contribution in [0.2, 0.25) is 0 Å². The van der Waals surface area contributed by atoms with Crippen molar-refractivity contribution in [3.05, 3.63) is 12.2 Å². The molecule has 0 aliphatic heterocycles. The molecule has 0 saturated heterocycles. The Hall–Kier alpha value is -0.840. The first-order chi connectivity index (χ1) is 4.95. The summed E-state index contributed by atoms with van der Waals surface area (Å²) in [4.78, 5) is 9.80. The highest BCUT2D eigenvalue weighted by Crippen LogP contribution is 2.14. The van der Waals surface area contributed by atoms with E-state index in [2.05, 4.69) is 11.3 Å². The van der Waals surface area contributed by atoms with Gasteiger partial charge < -0.3 is 4.74 Å². The molecule has 0 aliphatic carbocycles. The van der Waals surface area contributed by atoms with Crippen molar-refractivity contribution in [3.63, 3.8) is 0 Å². The quantitative estimate of drug-likeness (QED) is 0.467. The lowest BCUT2D eigenvalue weighted by molar-refractivity contribution is -0.171. The van der Waals surface area contributed by atoms with E-state index in [9.17, 15) is 18.0 Å². The highest BCUT2D eigenvalue weighted by Gasteiger charge is 2.27. The van der Waals surface area contributed by atoms with Crippen molar-refractivity contribution in [2.24, 2.45) is 0 Å². The number of ether oxygens (including phenoxy) is 1. The van der Waals surface area contributed by atoms with Crippen molar-refractivity contribution in [2.75, 3.05) is 13.2 Å². The second-order valence-corrected chi connectivity index (χ2v) is 1.88. The van der Waals surface area contributed by atoms with Crippen molar-refractivity contribution in [2.45, 2.75) is 6.18 Å². The third-order valence-electron chi connectivity index (χ3n) is 0.720. The zero-order valence-corrected chi connectivity index (χ0v) is 5.65. The van der Waals surface area contributed by atoms with Crippen LogP contribution < -0.4 is 0 Å². The molecular weight excluding hydrogens is 161 g/mol. The molecule has 0 saturated carbocycles. The van der Waals surface area contributed by atoms with Crippen molar-refractivity contribution in [1.82, 2.24) is 0 Å². The Morgan fingerprint density at radius 2 is 2.09 bits per heavy atom. The van der Waals surface area contributed by atoms with Gasteiger partial charge in [0.15, 0.2) is 0 Å². The van der Waals surface area contributed by atoms with Gasteiger partial charge in [-0.2, -0.15) is 13.2 Å². The van der Waals surface area contributed by atoms with Crippen LogP contribution in [0.4, 0.5) is 13.2 Å². The van der Waals surface area contributed by atoms with Crippen molar-refractivity contribution in [3.8, 4) is 0 Å². The van der Waals surface area contributed by atoms with Gasteiger partial charge in [-0.05, 0) is 0 Å². The second-order valence-electron chi connectivity index (χ2n) is 1.88. The van der Waals surface area contributed by atoms with Gasteiger partial charge in [-0.15, -0.1) is 0 Å². The summed E-state index contributed by atoms with van der Waals surface area (Å²) in [7, 11) is 0. The first kappa shape index (κ1) is 10.2. The predicted octanol–water partition coefficient (Wildman–Crippen LogP) is 1.32. The molecule has 0 unspecified atom stereocenters. The highest BCUT2D eigenvalue weighted by atomic mass is 19.4. The van der Waals surface area contributed by atoms with E-state index in [4.69, 9.17) is 0 Å². The molecule has 0 amide bonds. The fourth-order valence-corrected chi connectivity index (χ4v) is 0.332. The lowest BCUT2D eigenvalue weighted by Crippen LogP contribution is -2.17. The van der Waals surface area contributed by atoms with E-state index in [1.165, 1.54) is 0 Å². The summed E-state index contributed by atoms with van der Waals surface area (Å²) < 4.78 is 38.2. The molecule has 0 aromatic heterocycles. The molecule has 2 nitrogen and oxygen atoms in total. The molecule has 0 heterocycles. The molecule has 0 N–H and O–H groups in total. The lowest BCUT2D eigenvalue weighted by Gasteiger charge is -2.05. The van der Waals surface area contributed by atoms with Crippen LogP contribution in [0.5, 0.6) is 0 Å². The van der Waals surface area contributed by atoms with Gasteiger partial charge in [0.2, 0.25) is 0 Å². The summed E-state index contributed by atoms with van der Waals surface area (Å²) in [6.07, 6.45) is -3.99. The maximum absolute atomic E-state index is 11.4. The molecule has 64 valence electrons. The smallest absolute Gasteiger partial charge is 0.367 e. The van der Waals surface area contributed by atoms with E-state index in [1.54, 1.807) is 0 Å². The molecule has 0 aliphatic rings. The van der Waals surface area contributed by atoms with Crippen LogP contribution in [0, 0.1) is 0 Å². The molecule has 0 aromatic rings. The SMILES string of the molecule is C=C(C=O)COCC(F)(F)F. The average molecular weight is 168 g/mol. The Morgan fingerprint density at radius 1 is 1.55 bits per heavy atom. The Morgan fingerprint density at radius 3 is 2.45 bits per heavy atom. The van der Waals surface area contributed by atoms with E-state index in [1.807, 2.05) is 0 Å². The minimum absolute atomic E-state index is 0.00532. The fourth-order valence-electron chi connectivity index (χ4n) is 0.332. The highest BCUT2D eigenvalue weighted by molar-refractivity contribution is 5.72. The number of halogens is 3. The topological polar surface area (TPSA) is 26.3 Å². The van der Waals surface area contributed by atoms with Gasteiger partial charge >= 0.3 is 6.18 Å². The van der Waals surface area contributed by atoms with Gasteiger partial charge in [0.1, 0.15) is 12.9 Å². The minimum atomic E-state index is -4.34. The van der Waals surface area contributed by atoms with Gasteiger partial charge in [-0.3, -0.25) is 4.79 Å². The maximum atomic E-state index is 11.4. The first-order valence-corrected chi connectivity index (χ1v) is 2.73. The van der Waals surface area contributed by atoms with E-state index >= 15 is 0 Å². The number of hydrogen-bond donors (Lipinski definition) is 0. The van der Waals surface area contributed by atoms with E-state index in [0.717, 1.165) is 0 Å². The summed E-state index contributed by atoms with van der Waals surface area (Å²) in [5, 5.41) is 0. The van der Waals surface area contributed by atoms with Crippen molar-refractivity contribution >= 4 is 6.29 Å². The Balaban J connectivity index is 3.42. The third-order valence-corrected chi connectivity index (χ3v) is 0.720. The van der Waals surface area contributed by atoms with Crippen LogP contribution in [-0.2, 0) is 9.53 Å². The van der Waals surface area contributed by atoms with Gasteiger partial charge in [0.05, 0.1) is 6.61 Å². The number of carbonyl (C=O) groups is 1. The van der Waals surface area contributed by atoms with Gasteiger partial charge in [-0.25, -0.2) is 0 Å². The molecule has 0 bridgehead atoms. The Kier molecular flexibility index (Phi) is 3.81. The summed E-state index contributed by atoms with van der Waals surface area (Å²) in [6, 6.07) is 0. The largest absolute Gasteiger partial charge is 0.411 e. The molecule has 0 radical (unpaired) electrons. The minimum Gasteiger partial charge on any atom is -0.367 e. The number of alkyl halides is 3. The summed E-state index contributed by atoms with van der Waals surface area (Å²) in [6.45, 7) is 1.41. The van der Waals surface area contributed by atoms with Gasteiger partial charge in [0, 0.05) is 5.57 Å². The molecule has 0 fully saturated rings. The predicted molar refractivity (Wildman–Crippen MR) is 32.1 cm³/mol. The van der Waals surface area contributed by atoms with Crippen LogP contribution in [-0.4, -0.2) is 25.7 Å². The van der Waals surface area contributed by atoms with Crippen LogP contribution in [0.1, 0.15) is 0 Å². The van der Waals surface area contributed by atoms with Crippen LogP contribution in [0.15, 0.2) is 12.2 Å². The number of rotatable bonds is 4. The lowest BCUT2D eigenvalue weighted by atomic mass is 10.4. The normalized spacial score (nSPS) is 11.2. The van der Waals surface area contributed by atoms with Crippen molar-refractivity contribution in [1.29, 1.82) is 0 Å². The summed E-state index contributed by atoms with van der Waals surface area (Å²) in [5.41, 5.74) is -0.00532. The molecule has 0 atom stereocenters. The number of carbonyl (C=O) groups excluding carboxylic acids is 1. The Bertz CT molecular complexity index is 150. The number of hydrogen-bond acceptors (Lipinski definition) is 2. The van der Waals surface area contributed by atoms with Crippen LogP contribution in [0.25, 0.3) is 0 Å². The van der Waals surface area contributed by atoms with E-state index in [-0.39, 0.29) is 12.2 Å². The van der Waals surface area contributed by atoms with E-state index in [0.29, 0.717) is 6.29 Å². The summed E-state index contributed by atoms with van der Waals surface area (Å²) >= 11 is 0. The zero-order valence-electron chi connectivity index (χ0n) is 5.65. The first-order valence-electron chi connectivity index (χ1n) is 2.73. The van der Waals surface area contributed by atoms with Crippen molar-refractivity contribution < 1.29 is 22.7 Å². The van der Waals surface area contributed by atoms with Gasteiger partial charge in [0.25, 0.3) is 0 Å². The molecule has 0 spiro atoms. The average Bonchev–Trinajstić information content (AvgIpc) is 1.85. The fraction of sp³-hybridized carbons (Fsp3) is 0.500. The van der Waals surface area contributed by atoms with Crippen LogP contribution >= 0.6 is 0 Å². The molecule has 0 aromatic carbocycles. The van der Waals surface area contributed by atoms with Gasteiger partial charge in [-0.1, -0.05) is 6.58 Å². The van der Waals surface area contributed by atoms with E-state index < -0.39 is 12.8 Å². The molecule has 0 rings (SSSR count). The Labute approximate surface area is 61.6 Å². The maximum Gasteiger partial charge on any atom is 0.411 e. The number of aldehydes is 1. The monoisotopic (exact) mass is 168 g/mol. The third kappa shape index (κ3) is 7.05. The summed E-state index contributed by atoms with van der Waals surface area (Å²) in [5.74, 6) is 0.